The van der Waals surface area contributed by atoms with Crippen LogP contribution < -0.4 is 20.4 Å². The highest BCUT2D eigenvalue weighted by molar-refractivity contribution is 7.09. The maximum atomic E-state index is 12.3. The lowest BCUT2D eigenvalue weighted by molar-refractivity contribution is -0.918. The zero-order valence-corrected chi connectivity index (χ0v) is 17.3. The number of carbonyl (C=O) groups is 2. The van der Waals surface area contributed by atoms with Crippen LogP contribution in [0.5, 0.6) is 0 Å². The highest BCUT2D eigenvalue weighted by Crippen LogP contribution is 2.17. The first-order chi connectivity index (χ1) is 13.5. The molecule has 150 valence electrons. The molecule has 0 saturated carbocycles. The Bertz CT molecular complexity index is 768. The number of likely N-dealkylation sites (tertiary alicyclic amines) is 1. The van der Waals surface area contributed by atoms with Gasteiger partial charge >= 0.3 is 11.8 Å². The summed E-state index contributed by atoms with van der Waals surface area (Å²) in [5.41, 5.74) is 2.35. The van der Waals surface area contributed by atoms with Gasteiger partial charge in [0.05, 0.1) is 26.2 Å². The summed E-state index contributed by atoms with van der Waals surface area (Å²) in [6.07, 6.45) is 2.41. The van der Waals surface area contributed by atoms with Crippen LogP contribution in [0.3, 0.4) is 0 Å². The first-order valence-corrected chi connectivity index (χ1v) is 10.6. The lowest BCUT2D eigenvalue weighted by Gasteiger charge is -2.25. The van der Waals surface area contributed by atoms with Crippen molar-refractivity contribution in [1.82, 2.24) is 10.6 Å². The third-order valence-electron chi connectivity index (χ3n) is 5.23. The van der Waals surface area contributed by atoms with E-state index in [1.54, 1.807) is 11.3 Å². The summed E-state index contributed by atoms with van der Waals surface area (Å²) in [4.78, 5) is 28.9. The van der Waals surface area contributed by atoms with E-state index < -0.39 is 11.8 Å². The lowest BCUT2D eigenvalue weighted by Crippen LogP contribution is -3.11. The molecule has 1 aromatic carbocycles. The number of hydrogen-bond acceptors (Lipinski definition) is 4. The molecular formula is C21H29N4O2S+. The molecule has 7 heteroatoms. The second-order valence-corrected chi connectivity index (χ2v) is 8.41. The summed E-state index contributed by atoms with van der Waals surface area (Å²) in [7, 11) is 4.04. The van der Waals surface area contributed by atoms with Gasteiger partial charge in [-0.05, 0) is 23.6 Å². The fourth-order valence-corrected chi connectivity index (χ4v) is 4.26. The number of amides is 2. The topological polar surface area (TPSA) is 65.9 Å². The fourth-order valence-electron chi connectivity index (χ4n) is 3.62. The van der Waals surface area contributed by atoms with E-state index in [1.165, 1.54) is 23.3 Å². The average Bonchev–Trinajstić information content (AvgIpc) is 3.40. The zero-order chi connectivity index (χ0) is 19.9. The van der Waals surface area contributed by atoms with Gasteiger partial charge in [0.15, 0.2) is 0 Å². The molecule has 1 aliphatic rings. The maximum absolute atomic E-state index is 12.3. The smallest absolute Gasteiger partial charge is 0.309 e. The highest BCUT2D eigenvalue weighted by Gasteiger charge is 2.28. The van der Waals surface area contributed by atoms with Crippen molar-refractivity contribution < 1.29 is 14.5 Å². The average molecular weight is 402 g/mol. The molecule has 2 heterocycles. The van der Waals surface area contributed by atoms with E-state index in [9.17, 15) is 9.59 Å². The Kier molecular flexibility index (Phi) is 7.06. The Labute approximate surface area is 170 Å². The van der Waals surface area contributed by atoms with E-state index in [0.29, 0.717) is 13.1 Å². The molecule has 1 saturated heterocycles. The molecule has 3 rings (SSSR count). The Morgan fingerprint density at radius 1 is 1.07 bits per heavy atom. The lowest BCUT2D eigenvalue weighted by atomic mass is 10.0. The van der Waals surface area contributed by atoms with Gasteiger partial charge < -0.3 is 20.4 Å². The summed E-state index contributed by atoms with van der Waals surface area (Å²) in [6.45, 7) is 3.04. The molecule has 2 amide bonds. The third kappa shape index (κ3) is 5.33. The van der Waals surface area contributed by atoms with Gasteiger partial charge in [-0.1, -0.05) is 18.2 Å². The number of hydrogen-bond donors (Lipinski definition) is 3. The molecule has 28 heavy (non-hydrogen) atoms. The Hall–Kier alpha value is -2.38. The normalized spacial score (nSPS) is 15.2. The molecule has 2 aromatic rings. The number of thiophene rings is 1. The number of nitrogens with one attached hydrogen (secondary N) is 3. The van der Waals surface area contributed by atoms with Crippen LogP contribution in [-0.2, 0) is 16.1 Å². The molecule has 6 nitrogen and oxygen atoms in total. The molecule has 1 aliphatic heterocycles. The van der Waals surface area contributed by atoms with E-state index >= 15 is 0 Å². The molecule has 1 fully saturated rings. The van der Waals surface area contributed by atoms with Crippen LogP contribution in [0.15, 0.2) is 41.8 Å². The summed E-state index contributed by atoms with van der Waals surface area (Å²) in [5.74, 6) is -1.14. The molecule has 0 unspecified atom stereocenters. The number of quaternary nitrogens is 1. The van der Waals surface area contributed by atoms with Crippen molar-refractivity contribution >= 4 is 28.8 Å². The van der Waals surface area contributed by atoms with Gasteiger partial charge in [0, 0.05) is 43.1 Å². The van der Waals surface area contributed by atoms with Crippen LogP contribution in [0.2, 0.25) is 0 Å². The van der Waals surface area contributed by atoms with Crippen molar-refractivity contribution in [3.63, 3.8) is 0 Å². The van der Waals surface area contributed by atoms with Gasteiger partial charge in [0.25, 0.3) is 0 Å². The molecule has 0 aliphatic carbocycles. The van der Waals surface area contributed by atoms with E-state index in [4.69, 9.17) is 0 Å². The number of anilines is 1. The molecule has 0 radical (unpaired) electrons. The highest BCUT2D eigenvalue weighted by atomic mass is 32.1. The number of benzene rings is 1. The predicted molar refractivity (Wildman–Crippen MR) is 113 cm³/mol. The minimum atomic E-state index is -0.577. The minimum Gasteiger partial charge on any atom is -0.378 e. The van der Waals surface area contributed by atoms with Gasteiger partial charge in [-0.3, -0.25) is 9.59 Å². The zero-order valence-electron chi connectivity index (χ0n) is 16.5. The Morgan fingerprint density at radius 3 is 2.36 bits per heavy atom. The second kappa shape index (κ2) is 9.71. The first kappa shape index (κ1) is 20.4. The molecule has 1 aromatic heterocycles. The summed E-state index contributed by atoms with van der Waals surface area (Å²) in [6, 6.07) is 12.5. The summed E-state index contributed by atoms with van der Waals surface area (Å²) < 4.78 is 0. The molecule has 1 atom stereocenters. The molecule has 3 N–H and O–H groups in total. The maximum Gasteiger partial charge on any atom is 0.309 e. The van der Waals surface area contributed by atoms with Crippen LogP contribution in [0.1, 0.15) is 29.3 Å². The SMILES string of the molecule is CN(C)c1ccc([C@@H](CNC(=O)C(=O)NCc2cccs2)[NH+]2CCCC2)cc1. The van der Waals surface area contributed by atoms with Crippen molar-refractivity contribution in [3.05, 3.63) is 52.2 Å². The van der Waals surface area contributed by atoms with Crippen LogP contribution in [0, 0.1) is 0 Å². The van der Waals surface area contributed by atoms with Crippen LogP contribution in [0.25, 0.3) is 0 Å². The summed E-state index contributed by atoms with van der Waals surface area (Å²) in [5, 5.41) is 7.48. The van der Waals surface area contributed by atoms with E-state index in [-0.39, 0.29) is 6.04 Å². The van der Waals surface area contributed by atoms with Gasteiger partial charge in [0.1, 0.15) is 6.04 Å². The monoisotopic (exact) mass is 401 g/mol. The number of rotatable bonds is 7. The van der Waals surface area contributed by atoms with Gasteiger partial charge in [-0.15, -0.1) is 11.3 Å². The quantitative estimate of drug-likeness (QED) is 0.606. The van der Waals surface area contributed by atoms with E-state index in [1.807, 2.05) is 31.6 Å². The summed E-state index contributed by atoms with van der Waals surface area (Å²) >= 11 is 1.56. The number of nitrogens with zero attached hydrogens (tertiary/aromatic N) is 1. The van der Waals surface area contributed by atoms with E-state index in [2.05, 4.69) is 39.8 Å². The minimum absolute atomic E-state index is 0.160. The van der Waals surface area contributed by atoms with Crippen LogP contribution in [-0.4, -0.2) is 45.5 Å². The first-order valence-electron chi connectivity index (χ1n) is 9.75. The van der Waals surface area contributed by atoms with Gasteiger partial charge in [0.2, 0.25) is 0 Å². The van der Waals surface area contributed by atoms with Crippen LogP contribution >= 0.6 is 11.3 Å². The van der Waals surface area contributed by atoms with Crippen molar-refractivity contribution in [2.24, 2.45) is 0 Å². The fraction of sp³-hybridized carbons (Fsp3) is 0.429. The second-order valence-electron chi connectivity index (χ2n) is 7.38. The van der Waals surface area contributed by atoms with Crippen molar-refractivity contribution in [1.29, 1.82) is 0 Å². The Balaban J connectivity index is 1.59. The van der Waals surface area contributed by atoms with E-state index in [0.717, 1.165) is 23.7 Å². The van der Waals surface area contributed by atoms with Crippen LogP contribution in [0.4, 0.5) is 5.69 Å². The standard InChI is InChI=1S/C21H28N4O2S/c1-24(2)17-9-7-16(8-10-17)19(25-11-3-4-12-25)15-23-21(27)20(26)22-14-18-6-5-13-28-18/h5-10,13,19H,3-4,11-12,14-15H2,1-2H3,(H,22,26)(H,23,27)/p+1/t19-/m1/s1. The number of carbonyl (C=O) groups excluding carboxylic acids is 2. The molecular weight excluding hydrogens is 372 g/mol. The largest absolute Gasteiger partial charge is 0.378 e. The molecule has 0 spiro atoms. The van der Waals surface area contributed by atoms with Gasteiger partial charge in [-0.2, -0.15) is 0 Å². The van der Waals surface area contributed by atoms with Crippen molar-refractivity contribution in [3.8, 4) is 0 Å². The predicted octanol–water partition coefficient (Wildman–Crippen LogP) is 0.967. The third-order valence-corrected chi connectivity index (χ3v) is 6.10. The Morgan fingerprint density at radius 2 is 1.75 bits per heavy atom. The molecule has 0 bridgehead atoms. The van der Waals surface area contributed by atoms with Gasteiger partial charge in [-0.25, -0.2) is 0 Å². The van der Waals surface area contributed by atoms with Crippen molar-refractivity contribution in [2.45, 2.75) is 25.4 Å². The van der Waals surface area contributed by atoms with Crippen molar-refractivity contribution in [2.75, 3.05) is 38.6 Å².